The highest BCUT2D eigenvalue weighted by atomic mass is 79.9. The third-order valence-corrected chi connectivity index (χ3v) is 7.08. The summed E-state index contributed by atoms with van der Waals surface area (Å²) in [5.74, 6) is -0.363. The fourth-order valence-corrected chi connectivity index (χ4v) is 5.94. The molecule has 1 atom stereocenters. The van der Waals surface area contributed by atoms with E-state index in [0.29, 0.717) is 10.0 Å². The van der Waals surface area contributed by atoms with Crippen LogP contribution >= 0.6 is 39.1 Å². The molecule has 1 saturated heterocycles. The predicted molar refractivity (Wildman–Crippen MR) is 98.0 cm³/mol. The van der Waals surface area contributed by atoms with Gasteiger partial charge in [0, 0.05) is 17.6 Å². The lowest BCUT2D eigenvalue weighted by atomic mass is 10.1. The maximum atomic E-state index is 13.1. The van der Waals surface area contributed by atoms with Crippen molar-refractivity contribution in [1.29, 1.82) is 0 Å². The minimum absolute atomic E-state index is 0.0456. The van der Waals surface area contributed by atoms with Gasteiger partial charge in [-0.1, -0.05) is 51.3 Å². The number of sulfonamides is 1. The molecule has 1 unspecified atom stereocenters. The molecule has 0 aromatic heterocycles. The normalized spacial score (nSPS) is 19.1. The first-order chi connectivity index (χ1) is 11.8. The molecule has 3 rings (SSSR count). The van der Waals surface area contributed by atoms with Gasteiger partial charge >= 0.3 is 0 Å². The maximum absolute atomic E-state index is 13.1. The van der Waals surface area contributed by atoms with Gasteiger partial charge in [-0.2, -0.15) is 4.31 Å². The van der Waals surface area contributed by atoms with Crippen LogP contribution in [0.4, 0.5) is 4.39 Å². The standard InChI is InChI=1S/C16H13BrCl2FNO3S/c17-11-7-13(18)16(14(19)8-11)25(22,23)21-5-6-24-15(9-21)10-1-3-12(20)4-2-10/h1-4,7-8,15H,5-6,9H2. The van der Waals surface area contributed by atoms with Crippen LogP contribution in [-0.4, -0.2) is 32.4 Å². The van der Waals surface area contributed by atoms with Crippen LogP contribution in [0.2, 0.25) is 10.0 Å². The monoisotopic (exact) mass is 467 g/mol. The van der Waals surface area contributed by atoms with Gasteiger partial charge < -0.3 is 4.74 Å². The van der Waals surface area contributed by atoms with E-state index in [-0.39, 0.29) is 40.5 Å². The number of rotatable bonds is 3. The van der Waals surface area contributed by atoms with Crippen LogP contribution in [0.15, 0.2) is 45.8 Å². The highest BCUT2D eigenvalue weighted by molar-refractivity contribution is 9.10. The lowest BCUT2D eigenvalue weighted by Gasteiger charge is -2.32. The summed E-state index contributed by atoms with van der Waals surface area (Å²) in [4.78, 5) is -0.126. The first-order valence-electron chi connectivity index (χ1n) is 7.31. The molecule has 0 bridgehead atoms. The highest BCUT2D eigenvalue weighted by Crippen LogP contribution is 2.36. The zero-order valence-electron chi connectivity index (χ0n) is 12.8. The lowest BCUT2D eigenvalue weighted by Crippen LogP contribution is -2.42. The van der Waals surface area contributed by atoms with Gasteiger partial charge in [0.15, 0.2) is 0 Å². The van der Waals surface area contributed by atoms with Crippen molar-refractivity contribution in [1.82, 2.24) is 4.31 Å². The number of ether oxygens (including phenoxy) is 1. The Hall–Kier alpha value is -0.700. The molecule has 134 valence electrons. The average Bonchev–Trinajstić information content (AvgIpc) is 2.54. The average molecular weight is 469 g/mol. The van der Waals surface area contributed by atoms with Crippen LogP contribution in [-0.2, 0) is 14.8 Å². The summed E-state index contributed by atoms with van der Waals surface area (Å²) in [7, 11) is -3.89. The molecule has 1 fully saturated rings. The van der Waals surface area contributed by atoms with Crippen molar-refractivity contribution in [3.63, 3.8) is 0 Å². The molecule has 2 aromatic carbocycles. The van der Waals surface area contributed by atoms with E-state index >= 15 is 0 Å². The number of halogens is 4. The van der Waals surface area contributed by atoms with Crippen molar-refractivity contribution < 1.29 is 17.5 Å². The summed E-state index contributed by atoms with van der Waals surface area (Å²) in [6.07, 6.45) is -0.489. The Balaban J connectivity index is 1.91. The predicted octanol–water partition coefficient (Wildman–Crippen LogP) is 4.66. The molecular formula is C16H13BrCl2FNO3S. The highest BCUT2D eigenvalue weighted by Gasteiger charge is 2.34. The fourth-order valence-electron chi connectivity index (χ4n) is 2.63. The maximum Gasteiger partial charge on any atom is 0.246 e. The van der Waals surface area contributed by atoms with Crippen molar-refractivity contribution >= 4 is 49.2 Å². The summed E-state index contributed by atoms with van der Waals surface area (Å²) >= 11 is 15.5. The second-order valence-electron chi connectivity index (χ2n) is 5.47. The van der Waals surface area contributed by atoms with Crippen LogP contribution in [0.25, 0.3) is 0 Å². The van der Waals surface area contributed by atoms with Crippen molar-refractivity contribution in [2.75, 3.05) is 19.7 Å². The van der Waals surface area contributed by atoms with E-state index in [1.165, 1.54) is 28.6 Å². The second kappa shape index (κ2) is 7.50. The van der Waals surface area contributed by atoms with E-state index in [1.54, 1.807) is 12.1 Å². The summed E-state index contributed by atoms with van der Waals surface area (Å²) in [5.41, 5.74) is 0.703. The molecule has 25 heavy (non-hydrogen) atoms. The molecule has 0 spiro atoms. The van der Waals surface area contributed by atoms with Gasteiger partial charge in [-0.3, -0.25) is 0 Å². The molecule has 1 aliphatic heterocycles. The van der Waals surface area contributed by atoms with Crippen LogP contribution in [0.3, 0.4) is 0 Å². The number of morpholine rings is 1. The van der Waals surface area contributed by atoms with E-state index in [9.17, 15) is 12.8 Å². The van der Waals surface area contributed by atoms with E-state index in [0.717, 1.165) is 0 Å². The SMILES string of the molecule is O=S(=O)(c1c(Cl)cc(Br)cc1Cl)N1CCOC(c2ccc(F)cc2)C1. The van der Waals surface area contributed by atoms with Gasteiger partial charge in [0.25, 0.3) is 0 Å². The van der Waals surface area contributed by atoms with E-state index in [4.69, 9.17) is 27.9 Å². The largest absolute Gasteiger partial charge is 0.371 e. The van der Waals surface area contributed by atoms with Crippen LogP contribution in [0.1, 0.15) is 11.7 Å². The van der Waals surface area contributed by atoms with Gasteiger partial charge in [0.1, 0.15) is 10.7 Å². The Labute approximate surface area is 163 Å². The van der Waals surface area contributed by atoms with E-state index < -0.39 is 16.1 Å². The Morgan fingerprint density at radius 2 is 1.76 bits per heavy atom. The molecule has 1 heterocycles. The fraction of sp³-hybridized carbons (Fsp3) is 0.250. The second-order valence-corrected chi connectivity index (χ2v) is 9.08. The third-order valence-electron chi connectivity index (χ3n) is 3.83. The quantitative estimate of drug-likeness (QED) is 0.658. The Morgan fingerprint density at radius 1 is 1.16 bits per heavy atom. The zero-order valence-corrected chi connectivity index (χ0v) is 16.7. The number of benzene rings is 2. The number of hydrogen-bond donors (Lipinski definition) is 0. The number of nitrogens with zero attached hydrogens (tertiary/aromatic N) is 1. The van der Waals surface area contributed by atoms with Gasteiger partial charge in [-0.05, 0) is 29.8 Å². The van der Waals surface area contributed by atoms with Gasteiger partial charge in [0.2, 0.25) is 10.0 Å². The Morgan fingerprint density at radius 3 is 2.36 bits per heavy atom. The van der Waals surface area contributed by atoms with Crippen LogP contribution < -0.4 is 0 Å². The number of hydrogen-bond acceptors (Lipinski definition) is 3. The lowest BCUT2D eigenvalue weighted by molar-refractivity contribution is -0.00258. The van der Waals surface area contributed by atoms with Gasteiger partial charge in [-0.25, -0.2) is 12.8 Å². The molecular weight excluding hydrogens is 456 g/mol. The van der Waals surface area contributed by atoms with Crippen LogP contribution in [0, 0.1) is 5.82 Å². The van der Waals surface area contributed by atoms with Crippen molar-refractivity contribution in [3.05, 3.63) is 62.3 Å². The molecule has 0 aliphatic carbocycles. The Bertz CT molecular complexity index is 870. The molecule has 0 amide bonds. The summed E-state index contributed by atoms with van der Waals surface area (Å²) < 4.78 is 46.6. The first kappa shape index (κ1) is 19.1. The molecule has 0 N–H and O–H groups in total. The van der Waals surface area contributed by atoms with Crippen molar-refractivity contribution in [3.8, 4) is 0 Å². The Kier molecular flexibility index (Phi) is 5.72. The van der Waals surface area contributed by atoms with Crippen molar-refractivity contribution in [2.45, 2.75) is 11.0 Å². The van der Waals surface area contributed by atoms with Crippen molar-refractivity contribution in [2.24, 2.45) is 0 Å². The van der Waals surface area contributed by atoms with E-state index in [1.807, 2.05) is 0 Å². The molecule has 1 aliphatic rings. The molecule has 2 aromatic rings. The zero-order chi connectivity index (χ0) is 18.2. The van der Waals surface area contributed by atoms with Gasteiger partial charge in [-0.15, -0.1) is 0 Å². The molecule has 0 saturated carbocycles. The van der Waals surface area contributed by atoms with Gasteiger partial charge in [0.05, 0.1) is 22.8 Å². The summed E-state index contributed by atoms with van der Waals surface area (Å²) in [6.45, 7) is 0.493. The first-order valence-corrected chi connectivity index (χ1v) is 10.3. The topological polar surface area (TPSA) is 46.6 Å². The summed E-state index contributed by atoms with van der Waals surface area (Å²) in [6, 6.07) is 8.76. The minimum Gasteiger partial charge on any atom is -0.371 e. The molecule has 4 nitrogen and oxygen atoms in total. The summed E-state index contributed by atoms with van der Waals surface area (Å²) in [5, 5.41) is 0.0911. The van der Waals surface area contributed by atoms with Crippen LogP contribution in [0.5, 0.6) is 0 Å². The minimum atomic E-state index is -3.89. The van der Waals surface area contributed by atoms with E-state index in [2.05, 4.69) is 15.9 Å². The molecule has 0 radical (unpaired) electrons. The molecule has 9 heteroatoms. The third kappa shape index (κ3) is 4.02. The smallest absolute Gasteiger partial charge is 0.246 e.